The summed E-state index contributed by atoms with van der Waals surface area (Å²) in [5, 5.41) is 0. The van der Waals surface area contributed by atoms with Crippen LogP contribution >= 0.6 is 0 Å². The van der Waals surface area contributed by atoms with E-state index in [4.69, 9.17) is 0 Å². The molecule has 1 aromatic heterocycles. The van der Waals surface area contributed by atoms with Crippen molar-refractivity contribution >= 4 is 29.0 Å². The van der Waals surface area contributed by atoms with Gasteiger partial charge in [0, 0.05) is 0 Å². The van der Waals surface area contributed by atoms with Gasteiger partial charge in [0.15, 0.2) is 0 Å². The molecule has 73 valence electrons. The maximum atomic E-state index is 2.33. The van der Waals surface area contributed by atoms with E-state index in [0.29, 0.717) is 0 Å². The summed E-state index contributed by atoms with van der Waals surface area (Å²) in [5.74, 6) is 0. The first-order valence-corrected chi connectivity index (χ1v) is 6.69. The summed E-state index contributed by atoms with van der Waals surface area (Å²) in [6.45, 7) is 6.69. The summed E-state index contributed by atoms with van der Waals surface area (Å²) in [6, 6.07) is 12.6. The molecule has 0 bridgehead atoms. The predicted octanol–water partition coefficient (Wildman–Crippen LogP) is 2.16. The zero-order valence-electron chi connectivity index (χ0n) is 8.99. The Labute approximate surface area is 102 Å². The monoisotopic (exact) mass is 382 g/mol. The van der Waals surface area contributed by atoms with Crippen molar-refractivity contribution in [2.45, 2.75) is 26.3 Å². The zero-order valence-corrected chi connectivity index (χ0v) is 12.9. The van der Waals surface area contributed by atoms with Crippen LogP contribution in [0.5, 0.6) is 0 Å². The molecule has 0 fully saturated rings. The van der Waals surface area contributed by atoms with Gasteiger partial charge in [0.05, 0.1) is 0 Å². The number of hydrogen-bond acceptors (Lipinski definition) is 0. The van der Waals surface area contributed by atoms with E-state index in [1.807, 2.05) is 6.07 Å². The fraction of sp³-hybridized carbons (Fsp3) is 0.333. The molecule has 1 aromatic rings. The van der Waals surface area contributed by atoms with Gasteiger partial charge in [0.2, 0.25) is 0 Å². The van der Waals surface area contributed by atoms with Crippen LogP contribution in [0.15, 0.2) is 42.6 Å². The van der Waals surface area contributed by atoms with E-state index >= 15 is 0 Å². The van der Waals surface area contributed by atoms with Gasteiger partial charge in [-0.25, -0.2) is 0 Å². The van der Waals surface area contributed by atoms with Crippen LogP contribution in [0.4, 0.5) is 0 Å². The summed E-state index contributed by atoms with van der Waals surface area (Å²) in [4.78, 5) is 0. The van der Waals surface area contributed by atoms with E-state index < -0.39 is 0 Å². The van der Waals surface area contributed by atoms with Crippen molar-refractivity contribution < 1.29 is 0 Å². The van der Waals surface area contributed by atoms with Crippen molar-refractivity contribution in [1.29, 1.82) is 0 Å². The van der Waals surface area contributed by atoms with Gasteiger partial charge in [-0.3, -0.25) is 0 Å². The van der Waals surface area contributed by atoms with Crippen molar-refractivity contribution in [2.75, 3.05) is 0 Å². The van der Waals surface area contributed by atoms with E-state index in [2.05, 4.69) is 61.9 Å². The molecule has 0 aliphatic rings. The van der Waals surface area contributed by atoms with Crippen molar-refractivity contribution in [1.82, 2.24) is 4.57 Å². The third-order valence-corrected chi connectivity index (χ3v) is 3.50. The van der Waals surface area contributed by atoms with Gasteiger partial charge in [-0.05, 0) is 0 Å². The van der Waals surface area contributed by atoms with Crippen molar-refractivity contribution in [3.8, 4) is 0 Å². The predicted molar refractivity (Wildman–Crippen MR) is 62.4 cm³/mol. The van der Waals surface area contributed by atoms with Crippen LogP contribution in [-0.2, 0) is 5.54 Å². The first-order chi connectivity index (χ1) is 6.52. The van der Waals surface area contributed by atoms with Gasteiger partial charge in [-0.1, -0.05) is 0 Å². The molecule has 0 atom stereocenters. The van der Waals surface area contributed by atoms with E-state index in [1.54, 1.807) is 0 Å². The molecule has 0 N–H and O–H groups in total. The molecule has 3 radical (unpaired) electrons. The summed E-state index contributed by atoms with van der Waals surface area (Å²) in [6.07, 6.45) is 2.16. The molecule has 1 rings (SSSR count). The Bertz CT molecular complexity index is 346. The molecule has 0 aliphatic heterocycles. The minimum absolute atomic E-state index is 0.163. The Kier molecular flexibility index (Phi) is 4.16. The second kappa shape index (κ2) is 4.96. The molecule has 0 aliphatic carbocycles. The summed E-state index contributed by atoms with van der Waals surface area (Å²) < 4.78 is 3.73. The fourth-order valence-electron chi connectivity index (χ4n) is 1.22. The van der Waals surface area contributed by atoms with Crippen LogP contribution in [0.25, 0.3) is 0 Å². The molecule has 0 saturated heterocycles. The average molecular weight is 381 g/mol. The quantitative estimate of drug-likeness (QED) is 0.607. The molecule has 14 heavy (non-hydrogen) atoms. The molecule has 0 spiro atoms. The van der Waals surface area contributed by atoms with Gasteiger partial charge in [-0.2, -0.15) is 0 Å². The molecular formula is C12H16NPb. The van der Waals surface area contributed by atoms with E-state index in [0.717, 1.165) is 25.8 Å². The summed E-state index contributed by atoms with van der Waals surface area (Å²) >= 11 is 1.07. The molecule has 0 aromatic carbocycles. The standard InChI is InChI=1S/C12H16N.Pb/c1-12(2,3)13-10-8-6-4-5-7-9-11-13;/h4-10H,1-3H3;. The molecule has 2 heteroatoms. The summed E-state index contributed by atoms with van der Waals surface area (Å²) in [5.41, 5.74) is 0.163. The SMILES string of the molecule is CC(C)(C)n1ccccccc[c]1[Pb]. The molecule has 0 unspecified atom stereocenters. The molecule has 1 nitrogen and oxygen atoms in total. The normalized spacial score (nSPS) is 10.9. The van der Waals surface area contributed by atoms with E-state index in [9.17, 15) is 0 Å². The third-order valence-electron chi connectivity index (χ3n) is 1.92. The van der Waals surface area contributed by atoms with Crippen LogP contribution in [-0.4, -0.2) is 30.3 Å². The molecule has 0 saturated carbocycles. The van der Waals surface area contributed by atoms with Gasteiger partial charge in [-0.15, -0.1) is 0 Å². The number of rotatable bonds is 0. The number of aromatic nitrogens is 1. The van der Waals surface area contributed by atoms with Gasteiger partial charge in [0.25, 0.3) is 0 Å². The van der Waals surface area contributed by atoms with Gasteiger partial charge in [0.1, 0.15) is 0 Å². The maximum absolute atomic E-state index is 2.33. The molecule has 0 amide bonds. The Balaban J connectivity index is 3.39. The Morgan fingerprint density at radius 2 is 1.57 bits per heavy atom. The second-order valence-electron chi connectivity index (χ2n) is 4.20. The van der Waals surface area contributed by atoms with Gasteiger partial charge >= 0.3 is 102 Å². The first kappa shape index (κ1) is 11.8. The Morgan fingerprint density at radius 3 is 2.21 bits per heavy atom. The van der Waals surface area contributed by atoms with Crippen LogP contribution < -0.4 is 3.25 Å². The van der Waals surface area contributed by atoms with Crippen molar-refractivity contribution in [3.05, 3.63) is 42.6 Å². The zero-order chi connectivity index (χ0) is 10.6. The number of hydrogen-bond donors (Lipinski definition) is 0. The average Bonchev–Trinajstić information content (AvgIpc) is 2.15. The van der Waals surface area contributed by atoms with E-state index in [1.165, 1.54) is 3.25 Å². The molecular weight excluding hydrogens is 365 g/mol. The third kappa shape index (κ3) is 3.44. The first-order valence-electron chi connectivity index (χ1n) is 4.74. The Morgan fingerprint density at radius 1 is 1.00 bits per heavy atom. The number of nitrogens with zero attached hydrogens (tertiary/aromatic N) is 1. The topological polar surface area (TPSA) is 4.93 Å². The van der Waals surface area contributed by atoms with Crippen molar-refractivity contribution in [3.63, 3.8) is 0 Å². The van der Waals surface area contributed by atoms with Crippen LogP contribution in [0.2, 0.25) is 0 Å². The minimum atomic E-state index is 0.163. The fourth-order valence-corrected chi connectivity index (χ4v) is 3.19. The van der Waals surface area contributed by atoms with Crippen LogP contribution in [0.1, 0.15) is 20.8 Å². The van der Waals surface area contributed by atoms with Crippen molar-refractivity contribution in [2.24, 2.45) is 0 Å². The molecule has 1 heterocycles. The summed E-state index contributed by atoms with van der Waals surface area (Å²) in [7, 11) is 0. The van der Waals surface area contributed by atoms with E-state index in [-0.39, 0.29) is 5.54 Å². The second-order valence-corrected chi connectivity index (χ2v) is 6.20. The van der Waals surface area contributed by atoms with Crippen LogP contribution in [0.3, 0.4) is 0 Å². The van der Waals surface area contributed by atoms with Crippen LogP contribution in [0, 0.1) is 0 Å². The van der Waals surface area contributed by atoms with Gasteiger partial charge < -0.3 is 0 Å². The Hall–Kier alpha value is -0.318.